The molecule has 0 saturated heterocycles. The lowest BCUT2D eigenvalue weighted by molar-refractivity contribution is 0.451. The van der Waals surface area contributed by atoms with E-state index in [1.54, 1.807) is 19.2 Å². The monoisotopic (exact) mass is 251 g/mol. The maximum atomic E-state index is 9.68. The van der Waals surface area contributed by atoms with E-state index in [1.165, 1.54) is 17.4 Å². The number of phenols is 2. The van der Waals surface area contributed by atoms with Crippen LogP contribution in [0.1, 0.15) is 10.4 Å². The summed E-state index contributed by atoms with van der Waals surface area (Å²) in [5.74, 6) is 0.0268. The van der Waals surface area contributed by atoms with Gasteiger partial charge in [0.05, 0.1) is 5.69 Å². The molecule has 0 spiro atoms. The number of nitrogens with one attached hydrogen (secondary N) is 2. The normalized spacial score (nSPS) is 10.2. The average molecular weight is 251 g/mol. The fourth-order valence-electron chi connectivity index (χ4n) is 1.44. The number of aromatic nitrogens is 1. The Labute approximate surface area is 103 Å². The van der Waals surface area contributed by atoms with E-state index in [2.05, 4.69) is 15.8 Å². The molecule has 1 aromatic heterocycles. The molecule has 0 unspecified atom stereocenters. The third-order valence-corrected chi connectivity index (χ3v) is 3.04. The van der Waals surface area contributed by atoms with Crippen molar-refractivity contribution in [1.82, 2.24) is 4.98 Å². The van der Waals surface area contributed by atoms with Gasteiger partial charge in [-0.25, -0.2) is 4.98 Å². The Kier molecular flexibility index (Phi) is 3.06. The smallest absolute Gasteiger partial charge is 0.201 e. The molecule has 0 atom stereocenters. The molecular formula is C11H13N3O2S. The maximum absolute atomic E-state index is 9.68. The minimum absolute atomic E-state index is 0.0109. The average Bonchev–Trinajstić information content (AvgIpc) is 2.62. The SMILES string of the molecule is Cc1cnc(NNc2c(C)cc(O)cc2O)s1. The van der Waals surface area contributed by atoms with Gasteiger partial charge in [0.25, 0.3) is 0 Å². The molecule has 2 aromatic rings. The molecule has 1 aromatic carbocycles. The van der Waals surface area contributed by atoms with E-state index in [0.29, 0.717) is 5.69 Å². The fraction of sp³-hybridized carbons (Fsp3) is 0.182. The Hall–Kier alpha value is -1.95. The van der Waals surface area contributed by atoms with Gasteiger partial charge in [0, 0.05) is 17.1 Å². The third-order valence-electron chi connectivity index (χ3n) is 2.22. The van der Waals surface area contributed by atoms with Gasteiger partial charge in [0.1, 0.15) is 11.5 Å². The van der Waals surface area contributed by atoms with Crippen LogP contribution < -0.4 is 10.9 Å². The van der Waals surface area contributed by atoms with Gasteiger partial charge in [-0.1, -0.05) is 0 Å². The van der Waals surface area contributed by atoms with Crippen molar-refractivity contribution in [3.05, 3.63) is 28.8 Å². The van der Waals surface area contributed by atoms with Crippen LogP contribution in [0.5, 0.6) is 11.5 Å². The van der Waals surface area contributed by atoms with Crippen LogP contribution in [-0.2, 0) is 0 Å². The molecule has 17 heavy (non-hydrogen) atoms. The van der Waals surface area contributed by atoms with E-state index in [4.69, 9.17) is 0 Å². The van der Waals surface area contributed by atoms with Crippen LogP contribution in [0.3, 0.4) is 0 Å². The lowest BCUT2D eigenvalue weighted by Gasteiger charge is -2.12. The molecule has 0 bridgehead atoms. The van der Waals surface area contributed by atoms with Crippen molar-refractivity contribution in [3.63, 3.8) is 0 Å². The van der Waals surface area contributed by atoms with Crippen molar-refractivity contribution in [1.29, 1.82) is 0 Å². The highest BCUT2D eigenvalue weighted by Gasteiger charge is 2.07. The van der Waals surface area contributed by atoms with Crippen LogP contribution in [0.15, 0.2) is 18.3 Å². The van der Waals surface area contributed by atoms with Crippen molar-refractivity contribution < 1.29 is 10.2 Å². The van der Waals surface area contributed by atoms with E-state index in [0.717, 1.165) is 15.6 Å². The number of aryl methyl sites for hydroxylation is 2. The summed E-state index contributed by atoms with van der Waals surface area (Å²) >= 11 is 1.51. The first-order valence-corrected chi connectivity index (χ1v) is 5.85. The first-order valence-electron chi connectivity index (χ1n) is 5.03. The Morgan fingerprint density at radius 3 is 2.53 bits per heavy atom. The van der Waals surface area contributed by atoms with Crippen molar-refractivity contribution >= 4 is 22.2 Å². The number of anilines is 2. The molecule has 6 heteroatoms. The van der Waals surface area contributed by atoms with Crippen LogP contribution in [0.4, 0.5) is 10.8 Å². The molecule has 4 N–H and O–H groups in total. The quantitative estimate of drug-likeness (QED) is 0.383. The lowest BCUT2D eigenvalue weighted by atomic mass is 10.2. The van der Waals surface area contributed by atoms with Crippen molar-refractivity contribution in [2.75, 3.05) is 10.9 Å². The number of aromatic hydroxyl groups is 2. The highest BCUT2D eigenvalue weighted by Crippen LogP contribution is 2.31. The summed E-state index contributed by atoms with van der Waals surface area (Å²) in [7, 11) is 0. The number of phenolic OH excluding ortho intramolecular Hbond substituents is 2. The van der Waals surface area contributed by atoms with E-state index < -0.39 is 0 Å². The van der Waals surface area contributed by atoms with Crippen LogP contribution >= 0.6 is 11.3 Å². The van der Waals surface area contributed by atoms with Gasteiger partial charge in [-0.05, 0) is 25.5 Å². The molecule has 2 rings (SSSR count). The number of thiazole rings is 1. The third kappa shape index (κ3) is 2.59. The van der Waals surface area contributed by atoms with Crippen LogP contribution in [0.25, 0.3) is 0 Å². The zero-order valence-corrected chi connectivity index (χ0v) is 10.3. The lowest BCUT2D eigenvalue weighted by Crippen LogP contribution is -2.09. The number of hydrogen-bond acceptors (Lipinski definition) is 6. The van der Waals surface area contributed by atoms with Crippen molar-refractivity contribution in [2.24, 2.45) is 0 Å². The fourth-order valence-corrected chi connectivity index (χ4v) is 2.06. The zero-order valence-electron chi connectivity index (χ0n) is 9.48. The molecule has 0 saturated carbocycles. The number of hydrogen-bond donors (Lipinski definition) is 4. The number of nitrogens with zero attached hydrogens (tertiary/aromatic N) is 1. The second kappa shape index (κ2) is 4.50. The Balaban J connectivity index is 2.14. The van der Waals surface area contributed by atoms with E-state index in [-0.39, 0.29) is 11.5 Å². The van der Waals surface area contributed by atoms with Crippen LogP contribution in [0, 0.1) is 13.8 Å². The van der Waals surface area contributed by atoms with Crippen LogP contribution in [0.2, 0.25) is 0 Å². The molecule has 1 heterocycles. The Morgan fingerprint density at radius 2 is 1.94 bits per heavy atom. The largest absolute Gasteiger partial charge is 0.508 e. The predicted molar refractivity (Wildman–Crippen MR) is 68.6 cm³/mol. The van der Waals surface area contributed by atoms with E-state index in [1.807, 2.05) is 6.92 Å². The summed E-state index contributed by atoms with van der Waals surface area (Å²) in [6.07, 6.45) is 1.76. The molecule has 0 amide bonds. The first kappa shape index (κ1) is 11.5. The van der Waals surface area contributed by atoms with E-state index in [9.17, 15) is 10.2 Å². The van der Waals surface area contributed by atoms with E-state index >= 15 is 0 Å². The summed E-state index contributed by atoms with van der Waals surface area (Å²) in [6.45, 7) is 3.75. The minimum atomic E-state index is -0.0109. The van der Waals surface area contributed by atoms with Gasteiger partial charge in [0.2, 0.25) is 5.13 Å². The minimum Gasteiger partial charge on any atom is -0.508 e. The maximum Gasteiger partial charge on any atom is 0.201 e. The summed E-state index contributed by atoms with van der Waals surface area (Å²) in [5.41, 5.74) is 7.04. The Bertz CT molecular complexity index is 516. The Morgan fingerprint density at radius 1 is 1.18 bits per heavy atom. The second-order valence-corrected chi connectivity index (χ2v) is 4.92. The molecule has 0 radical (unpaired) electrons. The van der Waals surface area contributed by atoms with Gasteiger partial charge in [-0.2, -0.15) is 0 Å². The van der Waals surface area contributed by atoms with Gasteiger partial charge < -0.3 is 10.2 Å². The number of hydrazine groups is 1. The van der Waals surface area contributed by atoms with Crippen molar-refractivity contribution in [3.8, 4) is 11.5 Å². The van der Waals surface area contributed by atoms with Gasteiger partial charge in [-0.15, -0.1) is 11.3 Å². The molecule has 0 fully saturated rings. The molecular weight excluding hydrogens is 238 g/mol. The standard InChI is InChI=1S/C11H13N3O2S/c1-6-3-8(15)4-9(16)10(6)13-14-11-12-5-7(2)17-11/h3-5,13,15-16H,1-2H3,(H,12,14). The number of benzene rings is 1. The molecule has 0 aliphatic rings. The van der Waals surface area contributed by atoms with Gasteiger partial charge in [-0.3, -0.25) is 10.9 Å². The predicted octanol–water partition coefficient (Wildman–Crippen LogP) is 2.61. The summed E-state index contributed by atoms with van der Waals surface area (Å²) < 4.78 is 0. The molecule has 0 aliphatic heterocycles. The summed E-state index contributed by atoms with van der Waals surface area (Å²) in [6, 6.07) is 2.85. The van der Waals surface area contributed by atoms with Gasteiger partial charge in [0.15, 0.2) is 0 Å². The number of rotatable bonds is 3. The van der Waals surface area contributed by atoms with Crippen molar-refractivity contribution in [2.45, 2.75) is 13.8 Å². The highest BCUT2D eigenvalue weighted by molar-refractivity contribution is 7.15. The summed E-state index contributed by atoms with van der Waals surface area (Å²) in [4.78, 5) is 5.22. The highest BCUT2D eigenvalue weighted by atomic mass is 32.1. The second-order valence-electron chi connectivity index (χ2n) is 3.68. The molecule has 90 valence electrons. The molecule has 5 nitrogen and oxygen atoms in total. The summed E-state index contributed by atoms with van der Waals surface area (Å²) in [5, 5.41) is 19.7. The first-order chi connectivity index (χ1) is 8.06. The zero-order chi connectivity index (χ0) is 12.4. The topological polar surface area (TPSA) is 77.4 Å². The van der Waals surface area contributed by atoms with Gasteiger partial charge >= 0.3 is 0 Å². The van der Waals surface area contributed by atoms with Crippen LogP contribution in [-0.4, -0.2) is 15.2 Å². The molecule has 0 aliphatic carbocycles.